The molecule has 200 valence electrons. The molecule has 6 atom stereocenters. The van der Waals surface area contributed by atoms with E-state index >= 15 is 0 Å². The Morgan fingerprint density at radius 3 is 2.74 bits per heavy atom. The zero-order valence-corrected chi connectivity index (χ0v) is 21.4. The lowest BCUT2D eigenvalue weighted by Gasteiger charge is -2.56. The van der Waals surface area contributed by atoms with Crippen molar-refractivity contribution in [3.63, 3.8) is 0 Å². The van der Waals surface area contributed by atoms with Crippen molar-refractivity contribution in [2.24, 2.45) is 0 Å². The molecule has 2 aliphatic heterocycles. The highest BCUT2D eigenvalue weighted by Gasteiger charge is 2.71. The SMILES string of the molecule is C[C@H](NC(=O)[C@@H](O)c1ccccc1)C(=O)OC1=CC[C@@]2(O)[C@H]3Cc4ccc(O)c5c4[C@@]2(CCCN3C)[C@H]1O5. The third-order valence-electron chi connectivity index (χ3n) is 8.87. The summed E-state index contributed by atoms with van der Waals surface area (Å²) in [5.41, 5.74) is 0.184. The fraction of sp³-hybridized carbons (Fsp3) is 0.448. The van der Waals surface area contributed by atoms with Crippen LogP contribution in [-0.4, -0.2) is 69.5 Å². The van der Waals surface area contributed by atoms with Crippen molar-refractivity contribution in [1.29, 1.82) is 0 Å². The van der Waals surface area contributed by atoms with Crippen molar-refractivity contribution in [2.45, 2.75) is 67.9 Å². The molecule has 1 spiro atoms. The number of carbonyl (C=O) groups excluding carboxylic acids is 2. The van der Waals surface area contributed by atoms with Gasteiger partial charge < -0.3 is 35.0 Å². The number of hydrogen-bond donors (Lipinski definition) is 4. The molecule has 9 nitrogen and oxygen atoms in total. The van der Waals surface area contributed by atoms with Gasteiger partial charge >= 0.3 is 5.97 Å². The van der Waals surface area contributed by atoms with Gasteiger partial charge in [-0.2, -0.15) is 0 Å². The molecular formula is C29H32N2O7. The summed E-state index contributed by atoms with van der Waals surface area (Å²) < 4.78 is 12.2. The number of carbonyl (C=O) groups is 2. The first-order valence-corrected chi connectivity index (χ1v) is 13.1. The third-order valence-corrected chi connectivity index (χ3v) is 8.87. The van der Waals surface area contributed by atoms with Crippen molar-refractivity contribution in [3.8, 4) is 11.5 Å². The van der Waals surface area contributed by atoms with Gasteiger partial charge in [-0.15, -0.1) is 0 Å². The molecule has 6 rings (SSSR count). The quantitative estimate of drug-likeness (QED) is 0.440. The number of likely N-dealkylation sites (tertiary alicyclic amines) is 1. The van der Waals surface area contributed by atoms with Crippen molar-refractivity contribution in [1.82, 2.24) is 10.2 Å². The van der Waals surface area contributed by atoms with Gasteiger partial charge in [0.2, 0.25) is 0 Å². The lowest BCUT2D eigenvalue weighted by molar-refractivity contribution is -0.153. The summed E-state index contributed by atoms with van der Waals surface area (Å²) >= 11 is 0. The first-order chi connectivity index (χ1) is 18.2. The Balaban J connectivity index is 1.28. The Hall–Kier alpha value is -3.40. The second-order valence-electron chi connectivity index (χ2n) is 10.9. The molecular weight excluding hydrogens is 488 g/mol. The van der Waals surface area contributed by atoms with Gasteiger partial charge in [0.05, 0.1) is 11.0 Å². The van der Waals surface area contributed by atoms with Crippen LogP contribution in [0, 0.1) is 0 Å². The summed E-state index contributed by atoms with van der Waals surface area (Å²) in [6, 6.07) is 10.8. The summed E-state index contributed by atoms with van der Waals surface area (Å²) in [5, 5.41) is 35.9. The largest absolute Gasteiger partial charge is 0.504 e. The van der Waals surface area contributed by atoms with E-state index in [0.717, 1.165) is 24.1 Å². The zero-order chi connectivity index (χ0) is 26.8. The highest BCUT2D eigenvalue weighted by molar-refractivity contribution is 5.87. The standard InChI is InChI=1S/C29H32N2O7/c1-16(30-26(34)23(33)17-7-4-3-5-8-17)27(35)37-20-11-13-29(36)21-15-18-9-10-19(32)24-22(18)28(29,25(20)38-24)12-6-14-31(21)2/h3-5,7-11,16,21,23,25,32-33,36H,6,12-15H2,1-2H3,(H,30,34)/t16-,21+,23-,25-,28-,29+/m0/s1. The number of aliphatic hydroxyl groups excluding tert-OH is 1. The number of aliphatic hydroxyl groups is 2. The molecule has 1 fully saturated rings. The molecule has 4 aliphatic rings. The van der Waals surface area contributed by atoms with Crippen LogP contribution in [0.1, 0.15) is 49.0 Å². The van der Waals surface area contributed by atoms with Crippen LogP contribution in [0.4, 0.5) is 0 Å². The number of amides is 1. The van der Waals surface area contributed by atoms with Crippen molar-refractivity contribution >= 4 is 11.9 Å². The number of rotatable bonds is 5. The molecule has 2 aromatic carbocycles. The normalized spacial score (nSPS) is 30.7. The monoisotopic (exact) mass is 520 g/mol. The molecule has 38 heavy (non-hydrogen) atoms. The lowest BCUT2D eigenvalue weighted by Crippen LogP contribution is -2.69. The maximum Gasteiger partial charge on any atom is 0.333 e. The zero-order valence-electron chi connectivity index (χ0n) is 21.4. The predicted octanol–water partition coefficient (Wildman–Crippen LogP) is 1.84. The van der Waals surface area contributed by atoms with Crippen molar-refractivity contribution in [2.75, 3.05) is 13.6 Å². The molecule has 1 saturated heterocycles. The topological polar surface area (TPSA) is 129 Å². The van der Waals surface area contributed by atoms with E-state index in [1.807, 2.05) is 13.1 Å². The van der Waals surface area contributed by atoms with E-state index in [2.05, 4.69) is 10.2 Å². The maximum atomic E-state index is 13.1. The van der Waals surface area contributed by atoms with Crippen molar-refractivity contribution < 1.29 is 34.4 Å². The van der Waals surface area contributed by atoms with Gasteiger partial charge in [0.25, 0.3) is 5.91 Å². The molecule has 2 aromatic rings. The fourth-order valence-electron chi connectivity index (χ4n) is 7.03. The number of phenols is 1. The predicted molar refractivity (Wildman–Crippen MR) is 136 cm³/mol. The summed E-state index contributed by atoms with van der Waals surface area (Å²) in [4.78, 5) is 27.9. The Labute approximate surface area is 220 Å². The Bertz CT molecular complexity index is 1330. The number of hydrogen-bond acceptors (Lipinski definition) is 8. The van der Waals surface area contributed by atoms with E-state index in [1.54, 1.807) is 42.5 Å². The summed E-state index contributed by atoms with van der Waals surface area (Å²) in [5.74, 6) is -0.838. The Morgan fingerprint density at radius 2 is 1.97 bits per heavy atom. The van der Waals surface area contributed by atoms with Crippen LogP contribution >= 0.6 is 0 Å². The van der Waals surface area contributed by atoms with E-state index in [1.165, 1.54) is 6.92 Å². The molecule has 2 heterocycles. The molecule has 4 N–H and O–H groups in total. The van der Waals surface area contributed by atoms with Gasteiger partial charge in [0.1, 0.15) is 11.8 Å². The number of aromatic hydroxyl groups is 1. The van der Waals surface area contributed by atoms with E-state index in [4.69, 9.17) is 9.47 Å². The number of phenolic OH excluding ortho intramolecular Hbond substituents is 1. The van der Waals surface area contributed by atoms with Crippen LogP contribution in [0.5, 0.6) is 11.5 Å². The number of esters is 1. The minimum Gasteiger partial charge on any atom is -0.504 e. The Morgan fingerprint density at radius 1 is 1.21 bits per heavy atom. The van der Waals surface area contributed by atoms with Gasteiger partial charge in [-0.1, -0.05) is 36.4 Å². The van der Waals surface area contributed by atoms with Crippen LogP contribution in [0.15, 0.2) is 54.3 Å². The minimum absolute atomic E-state index is 0.00728. The minimum atomic E-state index is -1.43. The average Bonchev–Trinajstić information content (AvgIpc) is 3.25. The number of nitrogens with zero attached hydrogens (tertiary/aromatic N) is 1. The molecule has 1 amide bonds. The van der Waals surface area contributed by atoms with Crippen LogP contribution in [0.2, 0.25) is 0 Å². The fourth-order valence-corrected chi connectivity index (χ4v) is 7.03. The van der Waals surface area contributed by atoms with Crippen LogP contribution in [-0.2, 0) is 26.2 Å². The number of benzene rings is 2. The Kier molecular flexibility index (Phi) is 5.79. The van der Waals surface area contributed by atoms with Gasteiger partial charge in [-0.05, 0) is 63.0 Å². The second kappa shape index (κ2) is 8.83. The van der Waals surface area contributed by atoms with E-state index < -0.39 is 41.1 Å². The molecule has 0 radical (unpaired) electrons. The number of likely N-dealkylation sites (N-methyl/N-ethyl adjacent to an activating group) is 1. The maximum absolute atomic E-state index is 13.1. The van der Waals surface area contributed by atoms with Crippen LogP contribution < -0.4 is 10.1 Å². The molecule has 0 saturated carbocycles. The van der Waals surface area contributed by atoms with Gasteiger partial charge in [0.15, 0.2) is 23.7 Å². The highest BCUT2D eigenvalue weighted by atomic mass is 16.6. The molecule has 0 unspecified atom stereocenters. The van der Waals surface area contributed by atoms with Gasteiger partial charge in [-0.3, -0.25) is 4.79 Å². The average molecular weight is 521 g/mol. The van der Waals surface area contributed by atoms with E-state index in [-0.39, 0.29) is 24.0 Å². The van der Waals surface area contributed by atoms with Gasteiger partial charge in [0, 0.05) is 18.0 Å². The highest BCUT2D eigenvalue weighted by Crippen LogP contribution is 2.64. The van der Waals surface area contributed by atoms with Crippen molar-refractivity contribution in [3.05, 3.63) is 71.0 Å². The molecule has 2 bridgehead atoms. The first kappa shape index (κ1) is 24.9. The molecule has 2 aliphatic carbocycles. The van der Waals surface area contributed by atoms with Crippen LogP contribution in [0.25, 0.3) is 0 Å². The number of ether oxygens (including phenoxy) is 2. The summed E-state index contributed by atoms with van der Waals surface area (Å²) in [6.07, 6.45) is 1.76. The first-order valence-electron chi connectivity index (χ1n) is 13.1. The summed E-state index contributed by atoms with van der Waals surface area (Å²) in [6.45, 7) is 2.29. The van der Waals surface area contributed by atoms with E-state index in [9.17, 15) is 24.9 Å². The van der Waals surface area contributed by atoms with Gasteiger partial charge in [-0.25, -0.2) is 4.79 Å². The smallest absolute Gasteiger partial charge is 0.333 e. The summed E-state index contributed by atoms with van der Waals surface area (Å²) in [7, 11) is 2.02. The number of nitrogens with one attached hydrogen (secondary N) is 1. The van der Waals surface area contributed by atoms with Crippen LogP contribution in [0.3, 0.4) is 0 Å². The molecule has 9 heteroatoms. The second-order valence-corrected chi connectivity index (χ2v) is 10.9. The van der Waals surface area contributed by atoms with E-state index in [0.29, 0.717) is 24.2 Å². The molecule has 0 aromatic heterocycles. The third kappa shape index (κ3) is 3.42. The lowest BCUT2D eigenvalue weighted by atomic mass is 9.52.